The van der Waals surface area contributed by atoms with Crippen molar-refractivity contribution < 1.29 is 0 Å². The zero-order valence-corrected chi connectivity index (χ0v) is 10.8. The van der Waals surface area contributed by atoms with Crippen LogP contribution in [0.2, 0.25) is 0 Å². The average molecular weight is 234 g/mol. The maximum Gasteiger partial charge on any atom is 0.250 e. The van der Waals surface area contributed by atoms with Crippen LogP contribution in [0.3, 0.4) is 0 Å². The summed E-state index contributed by atoms with van der Waals surface area (Å²) in [6.45, 7) is 5.19. The summed E-state index contributed by atoms with van der Waals surface area (Å²) in [7, 11) is 0. The van der Waals surface area contributed by atoms with Crippen LogP contribution in [0, 0.1) is 5.92 Å². The van der Waals surface area contributed by atoms with Gasteiger partial charge in [0.2, 0.25) is 0 Å². The van der Waals surface area contributed by atoms with Crippen molar-refractivity contribution >= 4 is 5.69 Å². The van der Waals surface area contributed by atoms with E-state index in [1.54, 1.807) is 10.6 Å². The Kier molecular flexibility index (Phi) is 3.87. The minimum atomic E-state index is 0.0943. The third-order valence-corrected chi connectivity index (χ3v) is 3.66. The van der Waals surface area contributed by atoms with Gasteiger partial charge in [-0.2, -0.15) is 0 Å². The van der Waals surface area contributed by atoms with Crippen molar-refractivity contribution in [2.45, 2.75) is 52.1 Å². The summed E-state index contributed by atoms with van der Waals surface area (Å²) in [4.78, 5) is 11.6. The van der Waals surface area contributed by atoms with Gasteiger partial charge >= 0.3 is 0 Å². The largest absolute Gasteiger partial charge is 0.381 e. The van der Waals surface area contributed by atoms with E-state index in [0.29, 0.717) is 6.04 Å². The molecule has 94 valence electrons. The van der Waals surface area contributed by atoms with E-state index >= 15 is 0 Å². The molecular weight excluding hydrogens is 212 g/mol. The SMILES string of the molecule is CCCn1cc(NC2CCCC2C)ccc1=O. The summed E-state index contributed by atoms with van der Waals surface area (Å²) < 4.78 is 1.79. The van der Waals surface area contributed by atoms with E-state index in [0.717, 1.165) is 24.6 Å². The molecule has 1 aliphatic rings. The maximum absolute atomic E-state index is 11.6. The van der Waals surface area contributed by atoms with E-state index in [4.69, 9.17) is 0 Å². The van der Waals surface area contributed by atoms with Gasteiger partial charge in [0.15, 0.2) is 0 Å². The minimum absolute atomic E-state index is 0.0943. The summed E-state index contributed by atoms with van der Waals surface area (Å²) in [5.74, 6) is 0.738. The molecule has 2 atom stereocenters. The number of pyridine rings is 1. The van der Waals surface area contributed by atoms with Gasteiger partial charge in [-0.05, 0) is 31.2 Å². The first-order valence-electron chi connectivity index (χ1n) is 6.67. The van der Waals surface area contributed by atoms with Crippen LogP contribution in [0.15, 0.2) is 23.1 Å². The number of aromatic nitrogens is 1. The Morgan fingerprint density at radius 1 is 1.41 bits per heavy atom. The molecule has 0 aliphatic heterocycles. The molecule has 1 aliphatic carbocycles. The highest BCUT2D eigenvalue weighted by Gasteiger charge is 2.22. The molecule has 0 radical (unpaired) electrons. The number of nitrogens with zero attached hydrogens (tertiary/aromatic N) is 1. The van der Waals surface area contributed by atoms with Crippen LogP contribution in [-0.4, -0.2) is 10.6 Å². The van der Waals surface area contributed by atoms with E-state index in [1.807, 2.05) is 12.3 Å². The highest BCUT2D eigenvalue weighted by atomic mass is 16.1. The van der Waals surface area contributed by atoms with Crippen molar-refractivity contribution in [1.82, 2.24) is 4.57 Å². The van der Waals surface area contributed by atoms with E-state index in [-0.39, 0.29) is 5.56 Å². The van der Waals surface area contributed by atoms with Gasteiger partial charge in [-0.15, -0.1) is 0 Å². The van der Waals surface area contributed by atoms with Gasteiger partial charge in [0.1, 0.15) is 0 Å². The molecule has 0 saturated heterocycles. The Hall–Kier alpha value is -1.25. The monoisotopic (exact) mass is 234 g/mol. The van der Waals surface area contributed by atoms with Crippen molar-refractivity contribution in [3.8, 4) is 0 Å². The molecule has 17 heavy (non-hydrogen) atoms. The number of hydrogen-bond acceptors (Lipinski definition) is 2. The van der Waals surface area contributed by atoms with Crippen LogP contribution in [-0.2, 0) is 6.54 Å². The van der Waals surface area contributed by atoms with Gasteiger partial charge < -0.3 is 9.88 Å². The van der Waals surface area contributed by atoms with E-state index in [9.17, 15) is 4.79 Å². The van der Waals surface area contributed by atoms with Gasteiger partial charge in [0, 0.05) is 24.8 Å². The standard InChI is InChI=1S/C14H22N2O/c1-3-9-16-10-12(7-8-14(16)17)15-13-6-4-5-11(13)2/h7-8,10-11,13,15H,3-6,9H2,1-2H3. The predicted octanol–water partition coefficient (Wildman–Crippen LogP) is 2.86. The highest BCUT2D eigenvalue weighted by Crippen LogP contribution is 2.27. The summed E-state index contributed by atoms with van der Waals surface area (Å²) in [6.07, 6.45) is 6.81. The van der Waals surface area contributed by atoms with Crippen molar-refractivity contribution in [2.24, 2.45) is 5.92 Å². The Morgan fingerprint density at radius 3 is 2.88 bits per heavy atom. The van der Waals surface area contributed by atoms with Crippen LogP contribution in [0.25, 0.3) is 0 Å². The molecule has 0 spiro atoms. The summed E-state index contributed by atoms with van der Waals surface area (Å²) in [5, 5.41) is 3.56. The van der Waals surface area contributed by atoms with E-state index in [2.05, 4.69) is 19.2 Å². The van der Waals surface area contributed by atoms with Crippen LogP contribution >= 0.6 is 0 Å². The first-order chi connectivity index (χ1) is 8.20. The van der Waals surface area contributed by atoms with Gasteiger partial charge in [-0.1, -0.05) is 20.3 Å². The third kappa shape index (κ3) is 2.90. The molecule has 3 heteroatoms. The van der Waals surface area contributed by atoms with Gasteiger partial charge in [-0.3, -0.25) is 4.79 Å². The van der Waals surface area contributed by atoms with Crippen LogP contribution in [0.1, 0.15) is 39.5 Å². The second-order valence-electron chi connectivity index (χ2n) is 5.11. The molecule has 0 aromatic carbocycles. The van der Waals surface area contributed by atoms with Crippen molar-refractivity contribution in [1.29, 1.82) is 0 Å². The maximum atomic E-state index is 11.6. The minimum Gasteiger partial charge on any atom is -0.381 e. The summed E-state index contributed by atoms with van der Waals surface area (Å²) in [5.41, 5.74) is 1.17. The molecule has 0 amide bonds. The summed E-state index contributed by atoms with van der Waals surface area (Å²) in [6, 6.07) is 4.14. The number of aryl methyl sites for hydroxylation is 1. The Labute approximate surface area is 103 Å². The predicted molar refractivity (Wildman–Crippen MR) is 71.4 cm³/mol. The fourth-order valence-electron chi connectivity index (χ4n) is 2.61. The molecule has 3 nitrogen and oxygen atoms in total. The summed E-state index contributed by atoms with van der Waals surface area (Å²) >= 11 is 0. The molecule has 0 bridgehead atoms. The Morgan fingerprint density at radius 2 is 2.24 bits per heavy atom. The quantitative estimate of drug-likeness (QED) is 0.869. The normalized spacial score (nSPS) is 23.9. The molecule has 1 heterocycles. The van der Waals surface area contributed by atoms with Crippen LogP contribution in [0.5, 0.6) is 0 Å². The lowest BCUT2D eigenvalue weighted by molar-refractivity contribution is 0.555. The van der Waals surface area contributed by atoms with E-state index < -0.39 is 0 Å². The lowest BCUT2D eigenvalue weighted by atomic mass is 10.1. The fraction of sp³-hybridized carbons (Fsp3) is 0.643. The highest BCUT2D eigenvalue weighted by molar-refractivity contribution is 5.41. The fourth-order valence-corrected chi connectivity index (χ4v) is 2.61. The molecule has 1 aromatic heterocycles. The van der Waals surface area contributed by atoms with Gasteiger partial charge in [-0.25, -0.2) is 0 Å². The third-order valence-electron chi connectivity index (χ3n) is 3.66. The molecular formula is C14H22N2O. The molecule has 2 rings (SSSR count). The van der Waals surface area contributed by atoms with Crippen molar-refractivity contribution in [3.63, 3.8) is 0 Å². The second kappa shape index (κ2) is 5.39. The van der Waals surface area contributed by atoms with Gasteiger partial charge in [0.25, 0.3) is 5.56 Å². The molecule has 1 N–H and O–H groups in total. The topological polar surface area (TPSA) is 34.0 Å². The van der Waals surface area contributed by atoms with Crippen LogP contribution in [0.4, 0.5) is 5.69 Å². The smallest absolute Gasteiger partial charge is 0.250 e. The molecule has 1 saturated carbocycles. The lowest BCUT2D eigenvalue weighted by Crippen LogP contribution is -2.24. The van der Waals surface area contributed by atoms with E-state index in [1.165, 1.54) is 19.3 Å². The van der Waals surface area contributed by atoms with Crippen molar-refractivity contribution in [2.75, 3.05) is 5.32 Å². The van der Waals surface area contributed by atoms with Crippen molar-refractivity contribution in [3.05, 3.63) is 28.7 Å². The second-order valence-corrected chi connectivity index (χ2v) is 5.11. The van der Waals surface area contributed by atoms with Gasteiger partial charge in [0.05, 0.1) is 5.69 Å². The first kappa shape index (κ1) is 12.2. The zero-order chi connectivity index (χ0) is 12.3. The average Bonchev–Trinajstić information content (AvgIpc) is 2.70. The lowest BCUT2D eigenvalue weighted by Gasteiger charge is -2.19. The Bertz CT molecular complexity index is 424. The number of anilines is 1. The zero-order valence-electron chi connectivity index (χ0n) is 10.8. The Balaban J connectivity index is 2.10. The number of nitrogens with one attached hydrogen (secondary N) is 1. The molecule has 1 fully saturated rings. The molecule has 1 aromatic rings. The number of hydrogen-bond donors (Lipinski definition) is 1. The van der Waals surface area contributed by atoms with Crippen LogP contribution < -0.4 is 10.9 Å². The molecule has 2 unspecified atom stereocenters. The first-order valence-corrected chi connectivity index (χ1v) is 6.67. The number of rotatable bonds is 4.